The van der Waals surface area contributed by atoms with E-state index in [0.717, 1.165) is 19.3 Å². The summed E-state index contributed by atoms with van der Waals surface area (Å²) in [6, 6.07) is 0.0722. The highest BCUT2D eigenvalue weighted by atomic mass is 16.4. The van der Waals surface area contributed by atoms with E-state index in [1.807, 2.05) is 0 Å². The molecule has 0 saturated heterocycles. The number of aliphatic carboxylic acids is 1. The van der Waals surface area contributed by atoms with Gasteiger partial charge in [0.2, 0.25) is 11.8 Å². The van der Waals surface area contributed by atoms with Crippen molar-refractivity contribution in [3.05, 3.63) is 5.89 Å². The number of hydrogen-bond acceptors (Lipinski definition) is 5. The molecule has 0 aliphatic heterocycles. The Hall–Kier alpha value is -1.92. The zero-order valence-corrected chi connectivity index (χ0v) is 10.3. The van der Waals surface area contributed by atoms with E-state index < -0.39 is 17.8 Å². The monoisotopic (exact) mass is 265 g/mol. The van der Waals surface area contributed by atoms with Crippen LogP contribution in [0.15, 0.2) is 4.42 Å². The van der Waals surface area contributed by atoms with Crippen LogP contribution in [0.1, 0.15) is 43.9 Å². The third kappa shape index (κ3) is 2.45. The van der Waals surface area contributed by atoms with Crippen LogP contribution in [0.25, 0.3) is 0 Å². The van der Waals surface area contributed by atoms with Crippen LogP contribution in [0.3, 0.4) is 0 Å². The number of amides is 1. The molecule has 102 valence electrons. The highest BCUT2D eigenvalue weighted by molar-refractivity contribution is 5.93. The first-order valence-corrected chi connectivity index (χ1v) is 6.52. The lowest BCUT2D eigenvalue weighted by Crippen LogP contribution is -2.30. The summed E-state index contributed by atoms with van der Waals surface area (Å²) in [5.74, 6) is -1.48. The fourth-order valence-corrected chi connectivity index (χ4v) is 2.55. The van der Waals surface area contributed by atoms with Gasteiger partial charge >= 0.3 is 12.0 Å². The van der Waals surface area contributed by atoms with Gasteiger partial charge in [-0.1, -0.05) is 11.5 Å². The Morgan fingerprint density at radius 3 is 2.58 bits per heavy atom. The SMILES string of the molecule is O=C(O)C1CCCC1C(=O)Nc1nnc(C2CC2)o1. The van der Waals surface area contributed by atoms with Crippen LogP contribution < -0.4 is 5.32 Å². The fourth-order valence-electron chi connectivity index (χ4n) is 2.55. The molecule has 0 radical (unpaired) electrons. The quantitative estimate of drug-likeness (QED) is 0.852. The van der Waals surface area contributed by atoms with Crippen molar-refractivity contribution in [2.45, 2.75) is 38.0 Å². The van der Waals surface area contributed by atoms with E-state index in [4.69, 9.17) is 9.52 Å². The molecule has 2 aliphatic rings. The highest BCUT2D eigenvalue weighted by Crippen LogP contribution is 2.39. The number of rotatable bonds is 4. The van der Waals surface area contributed by atoms with Crippen LogP contribution in [-0.4, -0.2) is 27.2 Å². The normalized spacial score (nSPS) is 26.3. The maximum absolute atomic E-state index is 12.0. The summed E-state index contributed by atoms with van der Waals surface area (Å²) in [5, 5.41) is 19.2. The van der Waals surface area contributed by atoms with Gasteiger partial charge in [0.1, 0.15) is 0 Å². The maximum atomic E-state index is 12.0. The van der Waals surface area contributed by atoms with E-state index in [1.165, 1.54) is 0 Å². The van der Waals surface area contributed by atoms with E-state index in [2.05, 4.69) is 15.5 Å². The second kappa shape index (κ2) is 4.64. The largest absolute Gasteiger partial charge is 0.481 e. The van der Waals surface area contributed by atoms with Crippen molar-refractivity contribution in [1.82, 2.24) is 10.2 Å². The van der Waals surface area contributed by atoms with Gasteiger partial charge in [0.15, 0.2) is 0 Å². The predicted octanol–water partition coefficient (Wildman–Crippen LogP) is 1.39. The highest BCUT2D eigenvalue weighted by Gasteiger charge is 2.38. The number of anilines is 1. The number of carboxylic acid groups (broad SMARTS) is 1. The number of nitrogens with one attached hydrogen (secondary N) is 1. The molecule has 1 aromatic heterocycles. The summed E-state index contributed by atoms with van der Waals surface area (Å²) in [6.45, 7) is 0. The number of carboxylic acids is 1. The molecule has 0 aromatic carbocycles. The topological polar surface area (TPSA) is 105 Å². The van der Waals surface area contributed by atoms with Crippen LogP contribution >= 0.6 is 0 Å². The number of carbonyl (C=O) groups is 2. The third-order valence-corrected chi connectivity index (χ3v) is 3.77. The minimum absolute atomic E-state index is 0.0722. The fraction of sp³-hybridized carbons (Fsp3) is 0.667. The van der Waals surface area contributed by atoms with Crippen LogP contribution in [0, 0.1) is 11.8 Å². The molecule has 1 heterocycles. The molecule has 1 aromatic rings. The van der Waals surface area contributed by atoms with E-state index >= 15 is 0 Å². The predicted molar refractivity (Wildman–Crippen MR) is 63.4 cm³/mol. The summed E-state index contributed by atoms with van der Waals surface area (Å²) in [5.41, 5.74) is 0. The number of carbonyl (C=O) groups excluding carboxylic acids is 1. The van der Waals surface area contributed by atoms with Crippen molar-refractivity contribution in [1.29, 1.82) is 0 Å². The number of hydrogen-bond donors (Lipinski definition) is 2. The first-order valence-electron chi connectivity index (χ1n) is 6.52. The van der Waals surface area contributed by atoms with Gasteiger partial charge in [-0.15, -0.1) is 5.10 Å². The second-order valence-corrected chi connectivity index (χ2v) is 5.19. The molecule has 2 aliphatic carbocycles. The van der Waals surface area contributed by atoms with Crippen molar-refractivity contribution in [3.63, 3.8) is 0 Å². The van der Waals surface area contributed by atoms with Gasteiger partial charge < -0.3 is 9.52 Å². The van der Waals surface area contributed by atoms with Crippen molar-refractivity contribution in [2.24, 2.45) is 11.8 Å². The smallest absolute Gasteiger partial charge is 0.322 e. The molecule has 1 amide bonds. The van der Waals surface area contributed by atoms with Gasteiger partial charge in [0.25, 0.3) is 0 Å². The Morgan fingerprint density at radius 2 is 1.89 bits per heavy atom. The second-order valence-electron chi connectivity index (χ2n) is 5.19. The zero-order chi connectivity index (χ0) is 13.4. The average Bonchev–Trinajstić information content (AvgIpc) is 2.92. The molecular formula is C12H15N3O4. The molecule has 2 fully saturated rings. The summed E-state index contributed by atoms with van der Waals surface area (Å²) >= 11 is 0. The van der Waals surface area contributed by atoms with Gasteiger partial charge in [-0.05, 0) is 25.7 Å². The van der Waals surface area contributed by atoms with E-state index in [-0.39, 0.29) is 11.9 Å². The maximum Gasteiger partial charge on any atom is 0.322 e. The molecule has 2 atom stereocenters. The van der Waals surface area contributed by atoms with Gasteiger partial charge in [-0.25, -0.2) is 0 Å². The molecule has 0 spiro atoms. The first kappa shape index (κ1) is 12.1. The number of nitrogens with zero attached hydrogens (tertiary/aromatic N) is 2. The lowest BCUT2D eigenvalue weighted by atomic mass is 9.95. The lowest BCUT2D eigenvalue weighted by Gasteiger charge is -2.13. The average molecular weight is 265 g/mol. The van der Waals surface area contributed by atoms with Crippen LogP contribution in [-0.2, 0) is 9.59 Å². The Labute approximate surface area is 109 Å². The standard InChI is InChI=1S/C12H15N3O4/c16-9(7-2-1-3-8(7)11(17)18)13-12-15-14-10(19-12)6-4-5-6/h6-8H,1-5H2,(H,17,18)(H,13,15,16). The summed E-state index contributed by atoms with van der Waals surface area (Å²) < 4.78 is 5.33. The molecule has 3 rings (SSSR count). The molecular weight excluding hydrogens is 250 g/mol. The van der Waals surface area contributed by atoms with Crippen molar-refractivity contribution in [2.75, 3.05) is 5.32 Å². The molecule has 2 saturated carbocycles. The lowest BCUT2D eigenvalue weighted by molar-refractivity contribution is -0.145. The van der Waals surface area contributed by atoms with Crippen molar-refractivity contribution in [3.8, 4) is 0 Å². The Bertz CT molecular complexity index is 509. The Morgan fingerprint density at radius 1 is 1.16 bits per heavy atom. The molecule has 2 N–H and O–H groups in total. The first-order chi connectivity index (χ1) is 9.15. The summed E-state index contributed by atoms with van der Waals surface area (Å²) in [4.78, 5) is 23.1. The van der Waals surface area contributed by atoms with Crippen LogP contribution in [0.2, 0.25) is 0 Å². The molecule has 19 heavy (non-hydrogen) atoms. The van der Waals surface area contributed by atoms with Crippen molar-refractivity contribution < 1.29 is 19.1 Å². The van der Waals surface area contributed by atoms with Gasteiger partial charge in [0, 0.05) is 5.92 Å². The molecule has 2 unspecified atom stereocenters. The summed E-state index contributed by atoms with van der Waals surface area (Å²) in [7, 11) is 0. The van der Waals surface area contributed by atoms with E-state index in [0.29, 0.717) is 24.7 Å². The third-order valence-electron chi connectivity index (χ3n) is 3.77. The zero-order valence-electron chi connectivity index (χ0n) is 10.3. The van der Waals surface area contributed by atoms with E-state index in [9.17, 15) is 9.59 Å². The van der Waals surface area contributed by atoms with Crippen LogP contribution in [0.5, 0.6) is 0 Å². The van der Waals surface area contributed by atoms with Crippen LogP contribution in [0.4, 0.5) is 6.01 Å². The Kier molecular flexibility index (Phi) is 2.96. The molecule has 0 bridgehead atoms. The molecule has 7 heteroatoms. The van der Waals surface area contributed by atoms with Gasteiger partial charge in [0.05, 0.1) is 11.8 Å². The number of aromatic nitrogens is 2. The van der Waals surface area contributed by atoms with Crippen molar-refractivity contribution >= 4 is 17.9 Å². The van der Waals surface area contributed by atoms with Gasteiger partial charge in [-0.3, -0.25) is 14.9 Å². The minimum atomic E-state index is -0.915. The van der Waals surface area contributed by atoms with Gasteiger partial charge in [-0.2, -0.15) is 0 Å². The summed E-state index contributed by atoms with van der Waals surface area (Å²) in [6.07, 6.45) is 3.97. The van der Waals surface area contributed by atoms with E-state index in [1.54, 1.807) is 0 Å². The minimum Gasteiger partial charge on any atom is -0.481 e. The molecule has 7 nitrogen and oxygen atoms in total. The Balaban J connectivity index is 1.64.